The molecule has 2 aromatic carbocycles. The van der Waals surface area contributed by atoms with Crippen LogP contribution in [0.3, 0.4) is 0 Å². The Bertz CT molecular complexity index is 898. The van der Waals surface area contributed by atoms with Crippen LogP contribution in [0.25, 0.3) is 0 Å². The lowest BCUT2D eigenvalue weighted by Gasteiger charge is -2.28. The second-order valence-corrected chi connectivity index (χ2v) is 7.23. The van der Waals surface area contributed by atoms with Gasteiger partial charge in [0, 0.05) is 17.2 Å². The first-order valence-electron chi connectivity index (χ1n) is 8.89. The van der Waals surface area contributed by atoms with E-state index in [0.717, 1.165) is 38.1 Å². The molecule has 1 aliphatic rings. The van der Waals surface area contributed by atoms with Crippen LogP contribution in [0.4, 0.5) is 24.5 Å². The summed E-state index contributed by atoms with van der Waals surface area (Å²) in [5.41, 5.74) is 0.829. The fourth-order valence-corrected chi connectivity index (χ4v) is 3.39. The number of Topliss-reactive ketones (excluding diaryl/α,β-unsaturated/α-hetero) is 1. The molecular weight excluding hydrogens is 387 g/mol. The molecule has 0 spiro atoms. The Balaban J connectivity index is 1.66. The number of anilines is 2. The van der Waals surface area contributed by atoms with Crippen LogP contribution in [-0.2, 0) is 0 Å². The van der Waals surface area contributed by atoms with Crippen molar-refractivity contribution in [3.05, 3.63) is 59.4 Å². The Kier molecular flexibility index (Phi) is 6.31. The van der Waals surface area contributed by atoms with Gasteiger partial charge in [0.25, 0.3) is 0 Å². The predicted octanol–water partition coefficient (Wildman–Crippen LogP) is 4.44. The van der Waals surface area contributed by atoms with Gasteiger partial charge >= 0.3 is 0 Å². The lowest BCUT2D eigenvalue weighted by Crippen LogP contribution is -2.33. The summed E-state index contributed by atoms with van der Waals surface area (Å²) < 4.78 is 40.1. The third-order valence-corrected chi connectivity index (χ3v) is 4.98. The lowest BCUT2D eigenvalue weighted by molar-refractivity contribution is 0.0857. The molecule has 1 aliphatic heterocycles. The maximum atomic E-state index is 13.8. The summed E-state index contributed by atoms with van der Waals surface area (Å²) in [4.78, 5) is 14.9. The molecular formula is C20H20F3N3OS. The van der Waals surface area contributed by atoms with E-state index in [4.69, 9.17) is 12.2 Å². The zero-order valence-electron chi connectivity index (χ0n) is 15.3. The molecule has 0 aliphatic carbocycles. The number of carbonyl (C=O) groups is 1. The molecule has 1 saturated heterocycles. The Labute approximate surface area is 166 Å². The highest BCUT2D eigenvalue weighted by Crippen LogP contribution is 2.23. The number of ketones is 1. The number of hydrogen-bond acceptors (Lipinski definition) is 3. The largest absolute Gasteiger partial charge is 0.332 e. The maximum Gasteiger partial charge on any atom is 0.196 e. The lowest BCUT2D eigenvalue weighted by atomic mass is 9.89. The van der Waals surface area contributed by atoms with Crippen molar-refractivity contribution in [1.82, 2.24) is 4.90 Å². The molecule has 2 N–H and O–H groups in total. The molecule has 0 atom stereocenters. The average Bonchev–Trinajstić information content (AvgIpc) is 2.69. The van der Waals surface area contributed by atoms with Crippen molar-refractivity contribution in [2.75, 3.05) is 30.8 Å². The highest BCUT2D eigenvalue weighted by atomic mass is 32.1. The molecule has 0 aromatic heterocycles. The molecule has 0 radical (unpaired) electrons. The van der Waals surface area contributed by atoms with Crippen molar-refractivity contribution in [1.29, 1.82) is 0 Å². The van der Waals surface area contributed by atoms with Gasteiger partial charge in [-0.25, -0.2) is 13.2 Å². The number of thiocarbonyl (C=S) groups is 1. The topological polar surface area (TPSA) is 44.4 Å². The molecule has 28 heavy (non-hydrogen) atoms. The average molecular weight is 407 g/mol. The Morgan fingerprint density at radius 2 is 1.79 bits per heavy atom. The molecule has 4 nitrogen and oxygen atoms in total. The summed E-state index contributed by atoms with van der Waals surface area (Å²) in [7, 11) is 2.04. The molecule has 0 amide bonds. The molecule has 0 saturated carbocycles. The number of likely N-dealkylation sites (tertiary alicyclic amines) is 1. The normalized spacial score (nSPS) is 15.3. The molecule has 8 heteroatoms. The van der Waals surface area contributed by atoms with Gasteiger partial charge in [0.15, 0.2) is 28.3 Å². The monoisotopic (exact) mass is 407 g/mol. The molecule has 2 aromatic rings. The van der Waals surface area contributed by atoms with E-state index in [2.05, 4.69) is 15.5 Å². The summed E-state index contributed by atoms with van der Waals surface area (Å²) in [6.45, 7) is 1.78. The third kappa shape index (κ3) is 4.69. The standard InChI is InChI=1S/C20H20F3N3OS/c1-26-9-7-12(8-10-26)19(27)13-3-2-4-14(11-13)24-20(28)25-16-6-5-15(21)17(22)18(16)23/h2-6,11-12H,7-10H2,1H3,(H2,24,25,28). The predicted molar refractivity (Wildman–Crippen MR) is 107 cm³/mol. The van der Waals surface area contributed by atoms with E-state index in [9.17, 15) is 18.0 Å². The van der Waals surface area contributed by atoms with Gasteiger partial charge in [0.1, 0.15) is 0 Å². The number of halogens is 3. The van der Waals surface area contributed by atoms with Gasteiger partial charge < -0.3 is 15.5 Å². The Hall–Kier alpha value is -2.45. The van der Waals surface area contributed by atoms with Gasteiger partial charge in [-0.2, -0.15) is 0 Å². The summed E-state index contributed by atoms with van der Waals surface area (Å²) in [5, 5.41) is 5.32. The van der Waals surface area contributed by atoms with E-state index in [1.807, 2.05) is 7.05 Å². The van der Waals surface area contributed by atoms with Gasteiger partial charge in [-0.15, -0.1) is 0 Å². The van der Waals surface area contributed by atoms with Gasteiger partial charge in [0.2, 0.25) is 0 Å². The summed E-state index contributed by atoms with van der Waals surface area (Å²) in [6.07, 6.45) is 1.64. The van der Waals surface area contributed by atoms with Crippen molar-refractivity contribution in [2.24, 2.45) is 5.92 Å². The third-order valence-electron chi connectivity index (χ3n) is 4.78. The van der Waals surface area contributed by atoms with Crippen LogP contribution in [0, 0.1) is 23.4 Å². The van der Waals surface area contributed by atoms with E-state index in [1.54, 1.807) is 24.3 Å². The zero-order valence-corrected chi connectivity index (χ0v) is 16.1. The van der Waals surface area contributed by atoms with E-state index >= 15 is 0 Å². The van der Waals surface area contributed by atoms with Crippen LogP contribution in [-0.4, -0.2) is 35.9 Å². The number of benzene rings is 2. The van der Waals surface area contributed by atoms with Crippen molar-refractivity contribution < 1.29 is 18.0 Å². The van der Waals surface area contributed by atoms with Crippen LogP contribution < -0.4 is 10.6 Å². The summed E-state index contributed by atoms with van der Waals surface area (Å²) in [6, 6.07) is 8.73. The molecule has 148 valence electrons. The minimum atomic E-state index is -1.57. The van der Waals surface area contributed by atoms with E-state index in [-0.39, 0.29) is 22.5 Å². The van der Waals surface area contributed by atoms with Crippen molar-refractivity contribution in [3.63, 3.8) is 0 Å². The number of piperidine rings is 1. The smallest absolute Gasteiger partial charge is 0.196 e. The van der Waals surface area contributed by atoms with Crippen molar-refractivity contribution in [3.8, 4) is 0 Å². The number of carbonyl (C=O) groups excluding carboxylic acids is 1. The second kappa shape index (κ2) is 8.70. The SMILES string of the molecule is CN1CCC(C(=O)c2cccc(NC(=S)Nc3ccc(F)c(F)c3F)c2)CC1. The summed E-state index contributed by atoms with van der Waals surface area (Å²) in [5.74, 6) is -4.12. The molecule has 1 heterocycles. The van der Waals surface area contributed by atoms with Crippen LogP contribution in [0.5, 0.6) is 0 Å². The quantitative estimate of drug-likeness (QED) is 0.446. The maximum absolute atomic E-state index is 13.8. The first-order chi connectivity index (χ1) is 13.3. The zero-order chi connectivity index (χ0) is 20.3. The highest BCUT2D eigenvalue weighted by molar-refractivity contribution is 7.80. The van der Waals surface area contributed by atoms with Crippen LogP contribution in [0.15, 0.2) is 36.4 Å². The first-order valence-corrected chi connectivity index (χ1v) is 9.30. The molecule has 0 unspecified atom stereocenters. The molecule has 1 fully saturated rings. The van der Waals surface area contributed by atoms with E-state index in [0.29, 0.717) is 11.3 Å². The van der Waals surface area contributed by atoms with E-state index in [1.165, 1.54) is 0 Å². The molecule has 3 rings (SSSR count). The number of hydrogen-bond donors (Lipinski definition) is 2. The fourth-order valence-electron chi connectivity index (χ4n) is 3.16. The van der Waals surface area contributed by atoms with Crippen LogP contribution >= 0.6 is 12.2 Å². The number of nitrogens with zero attached hydrogens (tertiary/aromatic N) is 1. The van der Waals surface area contributed by atoms with E-state index < -0.39 is 17.5 Å². The fraction of sp³-hybridized carbons (Fsp3) is 0.300. The first kappa shape index (κ1) is 20.3. The molecule has 0 bridgehead atoms. The minimum absolute atomic E-state index is 0.00574. The Morgan fingerprint density at radius 3 is 2.50 bits per heavy atom. The van der Waals surface area contributed by atoms with Gasteiger partial charge in [0.05, 0.1) is 5.69 Å². The van der Waals surface area contributed by atoms with Crippen LogP contribution in [0.2, 0.25) is 0 Å². The minimum Gasteiger partial charge on any atom is -0.332 e. The Morgan fingerprint density at radius 1 is 1.07 bits per heavy atom. The van der Waals surface area contributed by atoms with Gasteiger partial charge in [-0.3, -0.25) is 4.79 Å². The van der Waals surface area contributed by atoms with Crippen LogP contribution in [0.1, 0.15) is 23.2 Å². The highest BCUT2D eigenvalue weighted by Gasteiger charge is 2.24. The van der Waals surface area contributed by atoms with Gasteiger partial charge in [-0.05, 0) is 69.5 Å². The van der Waals surface area contributed by atoms with Crippen molar-refractivity contribution in [2.45, 2.75) is 12.8 Å². The van der Waals surface area contributed by atoms with Crippen molar-refractivity contribution >= 4 is 34.5 Å². The number of rotatable bonds is 4. The second-order valence-electron chi connectivity index (χ2n) is 6.82. The summed E-state index contributed by atoms with van der Waals surface area (Å²) >= 11 is 5.11. The number of nitrogens with one attached hydrogen (secondary N) is 2. The van der Waals surface area contributed by atoms with Gasteiger partial charge in [-0.1, -0.05) is 12.1 Å².